The van der Waals surface area contributed by atoms with Gasteiger partial charge in [-0.3, -0.25) is 4.79 Å². The number of methoxy groups -OCH3 is 1. The molecule has 0 aliphatic heterocycles. The van der Waals surface area contributed by atoms with Crippen LogP contribution in [0, 0.1) is 0 Å². The molecule has 0 aliphatic carbocycles. The maximum Gasteiger partial charge on any atom is 0.329 e. The molecule has 0 saturated carbocycles. The van der Waals surface area contributed by atoms with Gasteiger partial charge in [-0.15, -0.1) is 11.3 Å². The molecule has 1 aromatic carbocycles. The zero-order valence-electron chi connectivity index (χ0n) is 12.9. The summed E-state index contributed by atoms with van der Waals surface area (Å²) in [5.74, 6) is -0.783. The van der Waals surface area contributed by atoms with Crippen LogP contribution in [0.1, 0.15) is 23.0 Å². The fourth-order valence-electron chi connectivity index (χ4n) is 1.95. The van der Waals surface area contributed by atoms with E-state index >= 15 is 0 Å². The molecule has 1 amide bonds. The molecule has 23 heavy (non-hydrogen) atoms. The van der Waals surface area contributed by atoms with Gasteiger partial charge in [0.1, 0.15) is 16.7 Å². The van der Waals surface area contributed by atoms with E-state index in [-0.39, 0.29) is 11.4 Å². The smallest absolute Gasteiger partial charge is 0.329 e. The summed E-state index contributed by atoms with van der Waals surface area (Å²) in [5, 5.41) is 5.01. The lowest BCUT2D eigenvalue weighted by molar-refractivity contribution is -0.142. The van der Waals surface area contributed by atoms with Gasteiger partial charge in [0.15, 0.2) is 0 Å². The Morgan fingerprint density at radius 3 is 2.61 bits per heavy atom. The molecule has 0 fully saturated rings. The minimum absolute atomic E-state index is 0.161. The van der Waals surface area contributed by atoms with Crippen molar-refractivity contribution in [1.29, 1.82) is 0 Å². The van der Waals surface area contributed by atoms with Crippen LogP contribution in [0.15, 0.2) is 29.6 Å². The van der Waals surface area contributed by atoms with Crippen LogP contribution in [0.25, 0.3) is 10.6 Å². The summed E-state index contributed by atoms with van der Waals surface area (Å²) in [6, 6.07) is 7.29. The number of rotatable bonds is 6. The minimum atomic E-state index is -0.787. The molecule has 0 aliphatic rings. The van der Waals surface area contributed by atoms with Gasteiger partial charge in [0.05, 0.1) is 7.11 Å². The third-order valence-corrected chi connectivity index (χ3v) is 4.58. The lowest BCUT2D eigenvalue weighted by Crippen LogP contribution is -2.43. The first-order valence-electron chi connectivity index (χ1n) is 7.13. The van der Waals surface area contributed by atoms with Crippen molar-refractivity contribution in [2.75, 3.05) is 12.9 Å². The number of carbonyl (C=O) groups excluding carboxylic acids is 2. The van der Waals surface area contributed by atoms with Crippen molar-refractivity contribution in [3.8, 4) is 10.6 Å². The first-order chi connectivity index (χ1) is 11.1. The first kappa shape index (κ1) is 17.5. The molecule has 2 aromatic rings. The second kappa shape index (κ2) is 8.12. The largest absolute Gasteiger partial charge is 0.467 e. The van der Waals surface area contributed by atoms with E-state index in [9.17, 15) is 9.59 Å². The van der Waals surface area contributed by atoms with Crippen molar-refractivity contribution in [1.82, 2.24) is 10.3 Å². The summed E-state index contributed by atoms with van der Waals surface area (Å²) in [4.78, 5) is 28.0. The molecule has 7 heteroatoms. The average molecular weight is 350 g/mol. The number of aromatic nitrogens is 1. The van der Waals surface area contributed by atoms with Gasteiger partial charge in [0.2, 0.25) is 0 Å². The number of ether oxygens (including phenoxy) is 1. The van der Waals surface area contributed by atoms with Crippen molar-refractivity contribution in [2.24, 2.45) is 0 Å². The maximum absolute atomic E-state index is 12.2. The van der Waals surface area contributed by atoms with Gasteiger partial charge in [-0.25, -0.2) is 9.78 Å². The number of nitrogens with one attached hydrogen (secondary N) is 1. The molecule has 1 N–H and O–H groups in total. The zero-order valence-corrected chi connectivity index (χ0v) is 14.6. The molecule has 1 atom stereocenters. The third-order valence-electron chi connectivity index (χ3n) is 3.32. The monoisotopic (exact) mass is 350 g/mol. The summed E-state index contributed by atoms with van der Waals surface area (Å²) >= 11 is 5.43. The number of esters is 1. The van der Waals surface area contributed by atoms with E-state index < -0.39 is 17.9 Å². The number of thiol groups is 1. The third kappa shape index (κ3) is 4.33. The van der Waals surface area contributed by atoms with E-state index in [1.54, 1.807) is 5.38 Å². The Morgan fingerprint density at radius 1 is 1.35 bits per heavy atom. The van der Waals surface area contributed by atoms with E-state index in [4.69, 9.17) is 0 Å². The minimum Gasteiger partial charge on any atom is -0.467 e. The van der Waals surface area contributed by atoms with Gasteiger partial charge in [-0.2, -0.15) is 12.6 Å². The highest BCUT2D eigenvalue weighted by molar-refractivity contribution is 7.80. The predicted molar refractivity (Wildman–Crippen MR) is 94.1 cm³/mol. The molecule has 0 radical (unpaired) electrons. The number of nitrogens with zero attached hydrogens (tertiary/aromatic N) is 1. The average Bonchev–Trinajstić information content (AvgIpc) is 3.09. The van der Waals surface area contributed by atoms with Crippen LogP contribution in [-0.2, 0) is 16.0 Å². The molecule has 0 bridgehead atoms. The van der Waals surface area contributed by atoms with Gasteiger partial charge < -0.3 is 10.1 Å². The number of hydrogen-bond acceptors (Lipinski definition) is 6. The van der Waals surface area contributed by atoms with Crippen LogP contribution in [0.4, 0.5) is 0 Å². The lowest BCUT2D eigenvalue weighted by atomic mass is 10.1. The van der Waals surface area contributed by atoms with Gasteiger partial charge in [0, 0.05) is 16.7 Å². The van der Waals surface area contributed by atoms with Gasteiger partial charge in [-0.05, 0) is 12.0 Å². The van der Waals surface area contributed by atoms with Gasteiger partial charge >= 0.3 is 5.97 Å². The normalized spacial score (nSPS) is 11.8. The SMILES string of the molecule is CCc1ccc(-c2nc(C(=O)NC(CS)C(=O)OC)cs2)cc1. The summed E-state index contributed by atoms with van der Waals surface area (Å²) < 4.78 is 4.62. The number of thiazole rings is 1. The van der Waals surface area contributed by atoms with E-state index in [1.165, 1.54) is 24.0 Å². The second-order valence-corrected chi connectivity index (χ2v) is 6.04. The number of aryl methyl sites for hydroxylation is 1. The number of carbonyl (C=O) groups is 2. The summed E-state index contributed by atoms with van der Waals surface area (Å²) in [6.45, 7) is 2.10. The van der Waals surface area contributed by atoms with Crippen molar-refractivity contribution >= 4 is 35.8 Å². The van der Waals surface area contributed by atoms with Crippen molar-refractivity contribution in [3.05, 3.63) is 40.9 Å². The van der Waals surface area contributed by atoms with Gasteiger partial charge in [-0.1, -0.05) is 31.2 Å². The van der Waals surface area contributed by atoms with Crippen LogP contribution >= 0.6 is 24.0 Å². The highest BCUT2D eigenvalue weighted by atomic mass is 32.1. The molecule has 1 aromatic heterocycles. The molecule has 0 spiro atoms. The maximum atomic E-state index is 12.2. The molecular formula is C16H18N2O3S2. The standard InChI is InChI=1S/C16H18N2O3S2/c1-3-10-4-6-11(7-5-10)15-18-13(9-23-15)14(19)17-12(8-22)16(20)21-2/h4-7,9,12,22H,3,8H2,1-2H3,(H,17,19). The fourth-order valence-corrected chi connectivity index (χ4v) is 2.99. The quantitative estimate of drug-likeness (QED) is 0.621. The first-order valence-corrected chi connectivity index (χ1v) is 8.64. The Hall–Kier alpha value is -1.86. The van der Waals surface area contributed by atoms with Crippen molar-refractivity contribution in [2.45, 2.75) is 19.4 Å². The predicted octanol–water partition coefficient (Wildman–Crippen LogP) is 2.57. The Morgan fingerprint density at radius 2 is 2.04 bits per heavy atom. The molecule has 0 saturated heterocycles. The molecule has 1 unspecified atom stereocenters. The second-order valence-electron chi connectivity index (χ2n) is 4.82. The highest BCUT2D eigenvalue weighted by Crippen LogP contribution is 2.24. The lowest BCUT2D eigenvalue weighted by Gasteiger charge is -2.12. The van der Waals surface area contributed by atoms with E-state index in [0.717, 1.165) is 17.0 Å². The summed E-state index contributed by atoms with van der Waals surface area (Å²) in [6.07, 6.45) is 0.977. The van der Waals surface area contributed by atoms with Crippen LogP contribution < -0.4 is 5.32 Å². The number of hydrogen-bond donors (Lipinski definition) is 2. The number of benzene rings is 1. The fraction of sp³-hybridized carbons (Fsp3) is 0.312. The Bertz CT molecular complexity index is 683. The Kier molecular flexibility index (Phi) is 6.18. The topological polar surface area (TPSA) is 68.3 Å². The Balaban J connectivity index is 2.11. The summed E-state index contributed by atoms with van der Waals surface area (Å²) in [5.41, 5.74) is 2.49. The van der Waals surface area contributed by atoms with E-state index in [2.05, 4.69) is 34.6 Å². The van der Waals surface area contributed by atoms with Crippen LogP contribution in [-0.4, -0.2) is 35.8 Å². The molecule has 122 valence electrons. The Labute approximate surface area is 144 Å². The number of amides is 1. The molecular weight excluding hydrogens is 332 g/mol. The van der Waals surface area contributed by atoms with E-state index in [1.807, 2.05) is 24.3 Å². The van der Waals surface area contributed by atoms with Crippen LogP contribution in [0.2, 0.25) is 0 Å². The van der Waals surface area contributed by atoms with Crippen molar-refractivity contribution in [3.63, 3.8) is 0 Å². The van der Waals surface area contributed by atoms with E-state index in [0.29, 0.717) is 0 Å². The zero-order chi connectivity index (χ0) is 16.8. The summed E-state index contributed by atoms with van der Waals surface area (Å²) in [7, 11) is 1.27. The van der Waals surface area contributed by atoms with Crippen molar-refractivity contribution < 1.29 is 14.3 Å². The van der Waals surface area contributed by atoms with Crippen LogP contribution in [0.5, 0.6) is 0 Å². The molecule has 1 heterocycles. The highest BCUT2D eigenvalue weighted by Gasteiger charge is 2.22. The van der Waals surface area contributed by atoms with Crippen LogP contribution in [0.3, 0.4) is 0 Å². The van der Waals surface area contributed by atoms with Gasteiger partial charge in [0.25, 0.3) is 5.91 Å². The molecule has 2 rings (SSSR count). The molecule has 5 nitrogen and oxygen atoms in total.